The number of benzene rings is 1. The van der Waals surface area contributed by atoms with Crippen molar-refractivity contribution in [1.82, 2.24) is 0 Å². The van der Waals surface area contributed by atoms with E-state index in [1.54, 1.807) is 0 Å². The van der Waals surface area contributed by atoms with Crippen molar-refractivity contribution >= 4 is 11.4 Å². The molecule has 2 N–H and O–H groups in total. The summed E-state index contributed by atoms with van der Waals surface area (Å²) in [5.74, 6) is 0. The van der Waals surface area contributed by atoms with Crippen LogP contribution in [0.15, 0.2) is 24.3 Å². The van der Waals surface area contributed by atoms with E-state index < -0.39 is 0 Å². The molecule has 0 radical (unpaired) electrons. The van der Waals surface area contributed by atoms with Gasteiger partial charge in [0.05, 0.1) is 11.4 Å². The highest BCUT2D eigenvalue weighted by Crippen LogP contribution is 2.35. The molecular formula is C11H16N2. The minimum Gasteiger partial charge on any atom is -0.397 e. The Balaban J connectivity index is 2.16. The molecule has 1 aromatic rings. The first kappa shape index (κ1) is 8.42. The first-order chi connectivity index (χ1) is 6.08. The molecule has 0 saturated carbocycles. The van der Waals surface area contributed by atoms with Crippen LogP contribution in [0.25, 0.3) is 0 Å². The van der Waals surface area contributed by atoms with Crippen LogP contribution in [-0.2, 0) is 0 Å². The summed E-state index contributed by atoms with van der Waals surface area (Å²) >= 11 is 0. The number of para-hydroxylation sites is 2. The molecule has 0 amide bonds. The zero-order valence-electron chi connectivity index (χ0n) is 8.25. The second kappa shape index (κ2) is 2.66. The molecule has 70 valence electrons. The highest BCUT2D eigenvalue weighted by Gasteiger charge is 2.34. The summed E-state index contributed by atoms with van der Waals surface area (Å²) in [6, 6.07) is 8.06. The summed E-state index contributed by atoms with van der Waals surface area (Å²) in [6.07, 6.45) is 0. The van der Waals surface area contributed by atoms with E-state index >= 15 is 0 Å². The van der Waals surface area contributed by atoms with Crippen molar-refractivity contribution in [3.8, 4) is 0 Å². The van der Waals surface area contributed by atoms with Crippen molar-refractivity contribution in [2.75, 3.05) is 23.7 Å². The minimum atomic E-state index is 0.461. The van der Waals surface area contributed by atoms with E-state index in [0.29, 0.717) is 5.41 Å². The van der Waals surface area contributed by atoms with Crippen molar-refractivity contribution in [3.05, 3.63) is 24.3 Å². The van der Waals surface area contributed by atoms with Crippen molar-refractivity contribution < 1.29 is 0 Å². The van der Waals surface area contributed by atoms with Crippen molar-refractivity contribution in [1.29, 1.82) is 0 Å². The van der Waals surface area contributed by atoms with Crippen LogP contribution < -0.4 is 10.6 Å². The van der Waals surface area contributed by atoms with Gasteiger partial charge < -0.3 is 10.6 Å². The minimum absolute atomic E-state index is 0.461. The molecule has 1 aromatic carbocycles. The summed E-state index contributed by atoms with van der Waals surface area (Å²) in [7, 11) is 0. The van der Waals surface area contributed by atoms with Crippen molar-refractivity contribution in [2.45, 2.75) is 13.8 Å². The highest BCUT2D eigenvalue weighted by molar-refractivity contribution is 5.68. The van der Waals surface area contributed by atoms with Crippen LogP contribution in [0.3, 0.4) is 0 Å². The number of nitrogens with two attached hydrogens (primary N) is 1. The molecule has 0 unspecified atom stereocenters. The van der Waals surface area contributed by atoms with Gasteiger partial charge in [-0.2, -0.15) is 0 Å². The molecule has 0 aliphatic carbocycles. The lowest BCUT2D eigenvalue weighted by atomic mass is 9.84. The average molecular weight is 176 g/mol. The predicted molar refractivity (Wildman–Crippen MR) is 56.8 cm³/mol. The number of nitrogens with zero attached hydrogens (tertiary/aromatic N) is 1. The standard InChI is InChI=1S/C11H16N2/c1-11(2)7-13(8-11)10-6-4-3-5-9(10)12/h3-6H,7-8,12H2,1-2H3. The fourth-order valence-electron chi connectivity index (χ4n) is 1.93. The van der Waals surface area contributed by atoms with E-state index in [0.717, 1.165) is 18.8 Å². The largest absolute Gasteiger partial charge is 0.397 e. The van der Waals surface area contributed by atoms with Gasteiger partial charge in [0.2, 0.25) is 0 Å². The lowest BCUT2D eigenvalue weighted by Gasteiger charge is -2.47. The third kappa shape index (κ3) is 1.48. The quantitative estimate of drug-likeness (QED) is 0.664. The molecule has 1 saturated heterocycles. The fraction of sp³-hybridized carbons (Fsp3) is 0.455. The van der Waals surface area contributed by atoms with Gasteiger partial charge in [-0.1, -0.05) is 26.0 Å². The number of hydrogen-bond donors (Lipinski definition) is 1. The molecule has 0 bridgehead atoms. The smallest absolute Gasteiger partial charge is 0.0600 e. The van der Waals surface area contributed by atoms with Crippen LogP contribution in [0.2, 0.25) is 0 Å². The van der Waals surface area contributed by atoms with Crippen molar-refractivity contribution in [2.24, 2.45) is 5.41 Å². The van der Waals surface area contributed by atoms with E-state index in [2.05, 4.69) is 24.8 Å². The Morgan fingerprint density at radius 3 is 2.38 bits per heavy atom. The SMILES string of the molecule is CC1(C)CN(c2ccccc2N)C1. The molecule has 2 heteroatoms. The number of anilines is 2. The molecule has 0 atom stereocenters. The fourth-order valence-corrected chi connectivity index (χ4v) is 1.93. The maximum atomic E-state index is 5.88. The Morgan fingerprint density at radius 1 is 1.23 bits per heavy atom. The second-order valence-corrected chi connectivity index (χ2v) is 4.58. The Kier molecular flexibility index (Phi) is 1.72. The van der Waals surface area contributed by atoms with Crippen LogP contribution in [-0.4, -0.2) is 13.1 Å². The summed E-state index contributed by atoms with van der Waals surface area (Å²) in [5, 5.41) is 0. The van der Waals surface area contributed by atoms with Crippen LogP contribution in [0.4, 0.5) is 11.4 Å². The van der Waals surface area contributed by atoms with Gasteiger partial charge in [0.25, 0.3) is 0 Å². The Morgan fingerprint density at radius 2 is 1.85 bits per heavy atom. The third-order valence-electron chi connectivity index (χ3n) is 2.52. The molecule has 1 heterocycles. The van der Waals surface area contributed by atoms with E-state index in [1.165, 1.54) is 5.69 Å². The van der Waals surface area contributed by atoms with Gasteiger partial charge >= 0.3 is 0 Å². The average Bonchev–Trinajstić information content (AvgIpc) is 2.01. The summed E-state index contributed by atoms with van der Waals surface area (Å²) in [5.41, 5.74) is 8.41. The number of hydrogen-bond acceptors (Lipinski definition) is 2. The second-order valence-electron chi connectivity index (χ2n) is 4.58. The topological polar surface area (TPSA) is 29.3 Å². The van der Waals surface area contributed by atoms with E-state index in [1.807, 2.05) is 18.2 Å². The van der Waals surface area contributed by atoms with Gasteiger partial charge in [-0.05, 0) is 17.5 Å². The molecular weight excluding hydrogens is 160 g/mol. The Hall–Kier alpha value is -1.18. The molecule has 1 aliphatic heterocycles. The monoisotopic (exact) mass is 176 g/mol. The van der Waals surface area contributed by atoms with Gasteiger partial charge in [0.15, 0.2) is 0 Å². The van der Waals surface area contributed by atoms with Crippen LogP contribution in [0.1, 0.15) is 13.8 Å². The first-order valence-electron chi connectivity index (χ1n) is 4.68. The van der Waals surface area contributed by atoms with E-state index in [4.69, 9.17) is 5.73 Å². The number of rotatable bonds is 1. The first-order valence-corrected chi connectivity index (χ1v) is 4.68. The van der Waals surface area contributed by atoms with Crippen LogP contribution in [0, 0.1) is 5.41 Å². The normalized spacial score (nSPS) is 19.7. The molecule has 13 heavy (non-hydrogen) atoms. The lowest BCUT2D eigenvalue weighted by Crippen LogP contribution is -2.53. The van der Waals surface area contributed by atoms with Gasteiger partial charge in [0, 0.05) is 13.1 Å². The Labute approximate surface area is 79.4 Å². The van der Waals surface area contributed by atoms with Crippen molar-refractivity contribution in [3.63, 3.8) is 0 Å². The van der Waals surface area contributed by atoms with E-state index in [9.17, 15) is 0 Å². The Bertz CT molecular complexity index is 310. The zero-order valence-corrected chi connectivity index (χ0v) is 8.25. The highest BCUT2D eigenvalue weighted by atomic mass is 15.2. The third-order valence-corrected chi connectivity index (χ3v) is 2.52. The zero-order chi connectivity index (χ0) is 9.47. The molecule has 2 rings (SSSR count). The molecule has 1 aliphatic rings. The number of nitrogen functional groups attached to an aromatic ring is 1. The van der Waals surface area contributed by atoms with Gasteiger partial charge in [-0.15, -0.1) is 0 Å². The van der Waals surface area contributed by atoms with Crippen LogP contribution >= 0.6 is 0 Å². The predicted octanol–water partition coefficient (Wildman–Crippen LogP) is 2.12. The molecule has 2 nitrogen and oxygen atoms in total. The van der Waals surface area contributed by atoms with E-state index in [-0.39, 0.29) is 0 Å². The van der Waals surface area contributed by atoms with Gasteiger partial charge in [0.1, 0.15) is 0 Å². The summed E-state index contributed by atoms with van der Waals surface area (Å²) < 4.78 is 0. The van der Waals surface area contributed by atoms with Gasteiger partial charge in [-0.25, -0.2) is 0 Å². The maximum Gasteiger partial charge on any atom is 0.0600 e. The van der Waals surface area contributed by atoms with Gasteiger partial charge in [-0.3, -0.25) is 0 Å². The molecule has 0 aromatic heterocycles. The maximum absolute atomic E-state index is 5.88. The summed E-state index contributed by atoms with van der Waals surface area (Å²) in [6.45, 7) is 6.79. The lowest BCUT2D eigenvalue weighted by molar-refractivity contribution is 0.277. The molecule has 1 fully saturated rings. The molecule has 0 spiro atoms. The summed E-state index contributed by atoms with van der Waals surface area (Å²) in [4.78, 5) is 2.33. The van der Waals surface area contributed by atoms with Crippen LogP contribution in [0.5, 0.6) is 0 Å².